The molecule has 2 rings (SSSR count). The molecule has 4 N–H and O–H groups in total. The van der Waals surface area contributed by atoms with E-state index in [1.165, 1.54) is 7.11 Å². The minimum atomic E-state index is -0.501. The van der Waals surface area contributed by atoms with Crippen molar-refractivity contribution >= 4 is 17.6 Å². The summed E-state index contributed by atoms with van der Waals surface area (Å²) in [6.07, 6.45) is 2.49. The van der Waals surface area contributed by atoms with Crippen LogP contribution < -0.4 is 20.5 Å². The highest BCUT2D eigenvalue weighted by atomic mass is 16.6. The van der Waals surface area contributed by atoms with E-state index in [9.17, 15) is 4.79 Å². The maximum Gasteiger partial charge on any atom is 0.343 e. The molecule has 0 aliphatic rings. The van der Waals surface area contributed by atoms with E-state index in [0.29, 0.717) is 29.2 Å². The summed E-state index contributed by atoms with van der Waals surface area (Å²) in [6.45, 7) is 3.69. The van der Waals surface area contributed by atoms with E-state index < -0.39 is 5.97 Å². The fourth-order valence-corrected chi connectivity index (χ4v) is 2.09. The maximum absolute atomic E-state index is 12.2. The lowest BCUT2D eigenvalue weighted by Gasteiger charge is -2.11. The molecule has 2 aromatic carbocycles. The smallest absolute Gasteiger partial charge is 0.343 e. The van der Waals surface area contributed by atoms with Gasteiger partial charge in [-0.1, -0.05) is 12.1 Å². The van der Waals surface area contributed by atoms with Crippen molar-refractivity contribution in [3.05, 3.63) is 66.2 Å². The minimum Gasteiger partial charge on any atom is -0.493 e. The number of methoxy groups -OCH3 is 1. The highest BCUT2D eigenvalue weighted by molar-refractivity contribution is 5.93. The Hall–Kier alpha value is -3.28. The Bertz CT molecular complexity index is 755. The number of rotatable bonds is 6. The van der Waals surface area contributed by atoms with Crippen molar-refractivity contribution in [3.63, 3.8) is 0 Å². The third kappa shape index (κ3) is 4.36. The van der Waals surface area contributed by atoms with Crippen molar-refractivity contribution < 1.29 is 14.3 Å². The van der Waals surface area contributed by atoms with Crippen molar-refractivity contribution in [1.29, 1.82) is 5.41 Å². The summed E-state index contributed by atoms with van der Waals surface area (Å²) in [5, 5.41) is 9.80. The van der Waals surface area contributed by atoms with Crippen molar-refractivity contribution in [2.75, 3.05) is 12.4 Å². The van der Waals surface area contributed by atoms with Crippen LogP contribution in [0.5, 0.6) is 11.5 Å². The molecule has 124 valence electrons. The van der Waals surface area contributed by atoms with Crippen LogP contribution in [0, 0.1) is 5.41 Å². The summed E-state index contributed by atoms with van der Waals surface area (Å²) < 4.78 is 10.7. The van der Waals surface area contributed by atoms with Crippen LogP contribution in [-0.4, -0.2) is 19.0 Å². The Morgan fingerprint density at radius 1 is 1.25 bits per heavy atom. The van der Waals surface area contributed by atoms with Gasteiger partial charge in [0.05, 0.1) is 12.7 Å². The lowest BCUT2D eigenvalue weighted by Crippen LogP contribution is -2.20. The molecule has 0 aromatic heterocycles. The van der Waals surface area contributed by atoms with E-state index in [1.807, 2.05) is 12.1 Å². The van der Waals surface area contributed by atoms with Gasteiger partial charge in [-0.05, 0) is 48.4 Å². The first kappa shape index (κ1) is 17.1. The molecule has 0 heterocycles. The average Bonchev–Trinajstić information content (AvgIpc) is 2.56. The fraction of sp³-hybridized carbons (Fsp3) is 0.111. The van der Waals surface area contributed by atoms with Crippen LogP contribution in [0.4, 0.5) is 5.69 Å². The summed E-state index contributed by atoms with van der Waals surface area (Å²) in [7, 11) is 1.52. The van der Waals surface area contributed by atoms with E-state index >= 15 is 0 Å². The number of esters is 1. The lowest BCUT2D eigenvalue weighted by molar-refractivity contribution is 0.0729. The number of allylic oxidation sites excluding steroid dienone is 1. The predicted molar refractivity (Wildman–Crippen MR) is 93.8 cm³/mol. The van der Waals surface area contributed by atoms with Gasteiger partial charge in [-0.2, -0.15) is 0 Å². The Morgan fingerprint density at radius 3 is 2.54 bits per heavy atom. The van der Waals surface area contributed by atoms with Crippen LogP contribution in [0.25, 0.3) is 0 Å². The van der Waals surface area contributed by atoms with Crippen molar-refractivity contribution in [2.45, 2.75) is 6.42 Å². The summed E-state index contributed by atoms with van der Waals surface area (Å²) >= 11 is 0. The molecular weight excluding hydrogens is 306 g/mol. The van der Waals surface area contributed by atoms with Crippen LogP contribution in [0.3, 0.4) is 0 Å². The first-order valence-corrected chi connectivity index (χ1v) is 7.24. The molecule has 0 aliphatic heterocycles. The van der Waals surface area contributed by atoms with Gasteiger partial charge in [-0.15, -0.1) is 6.58 Å². The summed E-state index contributed by atoms with van der Waals surface area (Å²) in [5.74, 6) is 0.160. The number of guanidine groups is 1. The summed E-state index contributed by atoms with van der Waals surface area (Å²) in [6, 6.07) is 11.8. The van der Waals surface area contributed by atoms with Gasteiger partial charge < -0.3 is 20.5 Å². The maximum atomic E-state index is 12.2. The molecule has 0 atom stereocenters. The Kier molecular flexibility index (Phi) is 5.57. The fourth-order valence-electron chi connectivity index (χ4n) is 2.09. The second-order valence-electron chi connectivity index (χ2n) is 4.98. The second kappa shape index (κ2) is 7.82. The summed E-state index contributed by atoms with van der Waals surface area (Å²) in [4.78, 5) is 12.2. The molecule has 2 aromatic rings. The zero-order valence-corrected chi connectivity index (χ0v) is 13.3. The van der Waals surface area contributed by atoms with Gasteiger partial charge in [0.25, 0.3) is 0 Å². The van der Waals surface area contributed by atoms with Gasteiger partial charge in [0.15, 0.2) is 17.5 Å². The number of nitrogens with one attached hydrogen (secondary N) is 2. The third-order valence-corrected chi connectivity index (χ3v) is 3.21. The molecule has 0 saturated heterocycles. The predicted octanol–water partition coefficient (Wildman–Crippen LogP) is 2.95. The third-order valence-electron chi connectivity index (χ3n) is 3.21. The second-order valence-corrected chi connectivity index (χ2v) is 4.98. The minimum absolute atomic E-state index is 0.172. The van der Waals surface area contributed by atoms with Gasteiger partial charge in [0, 0.05) is 5.69 Å². The zero-order chi connectivity index (χ0) is 17.5. The number of carbonyl (C=O) groups excluding carboxylic acids is 1. The molecule has 0 unspecified atom stereocenters. The van der Waals surface area contributed by atoms with E-state index in [1.54, 1.807) is 36.4 Å². The van der Waals surface area contributed by atoms with Gasteiger partial charge in [0.1, 0.15) is 0 Å². The Morgan fingerprint density at radius 2 is 1.96 bits per heavy atom. The average molecular weight is 325 g/mol. The first-order valence-electron chi connectivity index (χ1n) is 7.24. The first-order chi connectivity index (χ1) is 11.5. The quantitative estimate of drug-likeness (QED) is 0.249. The molecule has 0 aliphatic carbocycles. The molecule has 24 heavy (non-hydrogen) atoms. The van der Waals surface area contributed by atoms with Gasteiger partial charge in [0.2, 0.25) is 0 Å². The zero-order valence-electron chi connectivity index (χ0n) is 13.3. The molecule has 0 radical (unpaired) electrons. The Labute approximate surface area is 140 Å². The topological polar surface area (TPSA) is 97.4 Å². The Balaban J connectivity index is 2.14. The van der Waals surface area contributed by atoms with Crippen LogP contribution in [-0.2, 0) is 6.42 Å². The van der Waals surface area contributed by atoms with E-state index in [2.05, 4.69) is 11.9 Å². The van der Waals surface area contributed by atoms with E-state index in [0.717, 1.165) is 5.56 Å². The number of carbonyl (C=O) groups is 1. The molecule has 6 heteroatoms. The molecule has 0 amide bonds. The number of anilines is 1. The molecule has 0 fully saturated rings. The monoisotopic (exact) mass is 325 g/mol. The summed E-state index contributed by atoms with van der Waals surface area (Å²) in [5.41, 5.74) is 7.26. The molecule has 0 spiro atoms. The normalized spacial score (nSPS) is 9.88. The SMILES string of the molecule is C=CCc1ccc(OC(=O)c2ccc(NC(=N)N)cc2)c(OC)c1. The van der Waals surface area contributed by atoms with Crippen molar-refractivity contribution in [2.24, 2.45) is 5.73 Å². The van der Waals surface area contributed by atoms with E-state index in [4.69, 9.17) is 20.6 Å². The molecule has 0 saturated carbocycles. The van der Waals surface area contributed by atoms with Gasteiger partial charge in [-0.25, -0.2) is 4.79 Å². The number of benzene rings is 2. The largest absolute Gasteiger partial charge is 0.493 e. The van der Waals surface area contributed by atoms with Crippen LogP contribution in [0.15, 0.2) is 55.1 Å². The highest BCUT2D eigenvalue weighted by Gasteiger charge is 2.13. The standard InChI is InChI=1S/C18H19N3O3/c1-3-4-12-5-10-15(16(11-12)23-2)24-17(22)13-6-8-14(9-7-13)21-18(19)20/h3,5-11H,1,4H2,2H3,(H4,19,20,21). The molecule has 6 nitrogen and oxygen atoms in total. The van der Waals surface area contributed by atoms with Crippen LogP contribution >= 0.6 is 0 Å². The number of hydrogen-bond acceptors (Lipinski definition) is 4. The molecule has 0 bridgehead atoms. The van der Waals surface area contributed by atoms with E-state index in [-0.39, 0.29) is 5.96 Å². The van der Waals surface area contributed by atoms with Crippen molar-refractivity contribution in [1.82, 2.24) is 0 Å². The van der Waals surface area contributed by atoms with Gasteiger partial charge >= 0.3 is 5.97 Å². The molecular formula is C18H19N3O3. The number of nitrogens with two attached hydrogens (primary N) is 1. The number of hydrogen-bond donors (Lipinski definition) is 3. The number of ether oxygens (including phenoxy) is 2. The highest BCUT2D eigenvalue weighted by Crippen LogP contribution is 2.29. The van der Waals surface area contributed by atoms with Crippen LogP contribution in [0.2, 0.25) is 0 Å². The van der Waals surface area contributed by atoms with Crippen LogP contribution in [0.1, 0.15) is 15.9 Å². The van der Waals surface area contributed by atoms with Gasteiger partial charge in [-0.3, -0.25) is 5.41 Å². The lowest BCUT2D eigenvalue weighted by atomic mass is 10.1. The van der Waals surface area contributed by atoms with Crippen molar-refractivity contribution in [3.8, 4) is 11.5 Å².